The molecule has 17 heteroatoms. The van der Waals surface area contributed by atoms with Crippen LogP contribution in [0.1, 0.15) is 31.4 Å². The Morgan fingerprint density at radius 3 is 2.06 bits per heavy atom. The Labute approximate surface area is 207 Å². The minimum absolute atomic E-state index is 0.112. The number of aromatic nitrogens is 2. The number of nitrogens with two attached hydrogens (primary N) is 4. The van der Waals surface area contributed by atoms with Crippen molar-refractivity contribution in [3.8, 4) is 0 Å². The first kappa shape index (κ1) is 34.4. The van der Waals surface area contributed by atoms with Crippen molar-refractivity contribution in [3.05, 3.63) is 18.2 Å². The van der Waals surface area contributed by atoms with Crippen LogP contribution in [0.25, 0.3) is 0 Å². The molecule has 0 aromatic carbocycles. The van der Waals surface area contributed by atoms with Gasteiger partial charge in [-0.25, -0.2) is 4.98 Å². The van der Waals surface area contributed by atoms with Gasteiger partial charge in [-0.15, -0.1) is 0 Å². The van der Waals surface area contributed by atoms with Crippen LogP contribution in [0.5, 0.6) is 0 Å². The third-order valence-electron chi connectivity index (χ3n) is 4.16. The third kappa shape index (κ3) is 20.8. The van der Waals surface area contributed by atoms with E-state index in [0.717, 1.165) is 19.4 Å². The summed E-state index contributed by atoms with van der Waals surface area (Å²) in [6, 6.07) is -1.95. The highest BCUT2D eigenvalue weighted by molar-refractivity contribution is 5.74. The van der Waals surface area contributed by atoms with Gasteiger partial charge in [0.25, 0.3) is 0 Å². The highest BCUT2D eigenvalue weighted by Gasteiger charge is 2.20. The van der Waals surface area contributed by atoms with E-state index < -0.39 is 36.0 Å². The first-order valence-corrected chi connectivity index (χ1v) is 10.7. The minimum Gasteiger partial charge on any atom is -0.480 e. The molecule has 2 heterocycles. The van der Waals surface area contributed by atoms with Crippen LogP contribution >= 0.6 is 0 Å². The van der Waals surface area contributed by atoms with Crippen molar-refractivity contribution in [3.63, 3.8) is 0 Å². The van der Waals surface area contributed by atoms with Crippen LogP contribution < -0.4 is 33.6 Å². The summed E-state index contributed by atoms with van der Waals surface area (Å²) in [7, 11) is 0. The molecule has 36 heavy (non-hydrogen) atoms. The molecule has 2 unspecified atom stereocenters. The molecule has 1 aromatic heterocycles. The molecule has 16 N–H and O–H groups in total. The minimum atomic E-state index is -1.01. The van der Waals surface area contributed by atoms with Gasteiger partial charge >= 0.3 is 23.9 Å². The number of aliphatic carboxylic acids is 4. The second kappa shape index (κ2) is 20.6. The van der Waals surface area contributed by atoms with Gasteiger partial charge in [0.1, 0.15) is 18.1 Å². The third-order valence-corrected chi connectivity index (χ3v) is 4.16. The lowest BCUT2D eigenvalue weighted by atomic mass is 10.2. The van der Waals surface area contributed by atoms with Gasteiger partial charge in [-0.3, -0.25) is 24.6 Å². The summed E-state index contributed by atoms with van der Waals surface area (Å²) in [5, 5.41) is 44.9. The number of H-pyrrole nitrogens is 1. The molecule has 1 aliphatic heterocycles. The second-order valence-electron chi connectivity index (χ2n) is 7.22. The fraction of sp³-hybridized carbons (Fsp3) is 0.579. The number of hydrogen-bond donors (Lipinski definition) is 12. The number of aromatic amines is 1. The lowest BCUT2D eigenvalue weighted by Gasteiger charge is -2.06. The van der Waals surface area contributed by atoms with Gasteiger partial charge in [-0.2, -0.15) is 0 Å². The van der Waals surface area contributed by atoms with Gasteiger partial charge in [0.15, 0.2) is 5.96 Å². The molecule has 1 saturated heterocycles. The normalized spacial score (nSPS) is 15.2. The van der Waals surface area contributed by atoms with Crippen LogP contribution in [0.4, 0.5) is 0 Å². The van der Waals surface area contributed by atoms with Crippen molar-refractivity contribution in [2.24, 2.45) is 22.9 Å². The first-order chi connectivity index (χ1) is 16.8. The molecular formula is C19H37N9O8. The van der Waals surface area contributed by atoms with Crippen molar-refractivity contribution in [2.75, 3.05) is 19.6 Å². The van der Waals surface area contributed by atoms with Crippen LogP contribution in [0, 0.1) is 5.41 Å². The number of carboxylic acids is 4. The number of nitrogens with one attached hydrogen (secondary N) is 4. The van der Waals surface area contributed by atoms with E-state index in [1.165, 1.54) is 6.33 Å². The van der Waals surface area contributed by atoms with Crippen molar-refractivity contribution in [2.45, 2.75) is 50.2 Å². The lowest BCUT2D eigenvalue weighted by Crippen LogP contribution is -2.34. The molecule has 206 valence electrons. The van der Waals surface area contributed by atoms with Crippen molar-refractivity contribution < 1.29 is 39.6 Å². The molecule has 0 radical (unpaired) electrons. The fourth-order valence-electron chi connectivity index (χ4n) is 2.28. The van der Waals surface area contributed by atoms with Crippen molar-refractivity contribution in [1.82, 2.24) is 20.6 Å². The maximum absolute atomic E-state index is 10.3. The Morgan fingerprint density at radius 2 is 1.72 bits per heavy atom. The van der Waals surface area contributed by atoms with Crippen molar-refractivity contribution in [1.29, 1.82) is 5.41 Å². The highest BCUT2D eigenvalue weighted by Crippen LogP contribution is 2.03. The quantitative estimate of drug-likeness (QED) is 0.0825. The smallest absolute Gasteiger partial charge is 0.320 e. The number of carboxylic acid groups (broad SMARTS) is 4. The summed E-state index contributed by atoms with van der Waals surface area (Å²) in [5.74, 6) is -3.81. The lowest BCUT2D eigenvalue weighted by molar-refractivity contribution is -0.139. The van der Waals surface area contributed by atoms with Gasteiger partial charge in [0.2, 0.25) is 0 Å². The average Bonchev–Trinajstić information content (AvgIpc) is 3.52. The highest BCUT2D eigenvalue weighted by atomic mass is 16.4. The summed E-state index contributed by atoms with van der Waals surface area (Å²) >= 11 is 0. The van der Waals surface area contributed by atoms with Crippen LogP contribution in [-0.4, -0.2) is 98.0 Å². The molecule has 0 spiro atoms. The zero-order valence-electron chi connectivity index (χ0n) is 19.7. The number of rotatable bonds is 10. The zero-order chi connectivity index (χ0) is 28.1. The van der Waals surface area contributed by atoms with E-state index in [0.29, 0.717) is 25.1 Å². The predicted molar refractivity (Wildman–Crippen MR) is 128 cm³/mol. The molecule has 0 saturated carbocycles. The molecule has 0 amide bonds. The molecule has 1 fully saturated rings. The summed E-state index contributed by atoms with van der Waals surface area (Å²) in [4.78, 5) is 46.4. The number of nitrogens with zero attached hydrogens (tertiary/aromatic N) is 1. The monoisotopic (exact) mass is 519 g/mol. The van der Waals surface area contributed by atoms with E-state index in [1.54, 1.807) is 6.20 Å². The molecule has 1 aromatic rings. The second-order valence-corrected chi connectivity index (χ2v) is 7.22. The van der Waals surface area contributed by atoms with Crippen LogP contribution in [0.3, 0.4) is 0 Å². The van der Waals surface area contributed by atoms with E-state index in [-0.39, 0.29) is 25.0 Å². The van der Waals surface area contributed by atoms with E-state index in [2.05, 4.69) is 26.3 Å². The Morgan fingerprint density at radius 1 is 1.14 bits per heavy atom. The van der Waals surface area contributed by atoms with Crippen LogP contribution in [0.15, 0.2) is 12.5 Å². The molecule has 1 aliphatic rings. The number of imidazole rings is 1. The maximum Gasteiger partial charge on any atom is 0.320 e. The Bertz CT molecular complexity index is 786. The Balaban J connectivity index is 0. The van der Waals surface area contributed by atoms with Crippen molar-refractivity contribution >= 4 is 29.8 Å². The maximum atomic E-state index is 10.3. The zero-order valence-corrected chi connectivity index (χ0v) is 19.7. The van der Waals surface area contributed by atoms with Gasteiger partial charge in [-0.05, 0) is 32.2 Å². The van der Waals surface area contributed by atoms with E-state index >= 15 is 0 Å². The average molecular weight is 520 g/mol. The number of guanidine groups is 1. The molecule has 2 rings (SSSR count). The SMILES string of the molecule is N=C(N)NCCCC(N)C(=O)O.NC(Cc1c[nH]cn1)C(=O)O.NCC(=O)O.O=C(O)[C@@H]1CCCN1. The summed E-state index contributed by atoms with van der Waals surface area (Å²) < 4.78 is 0. The predicted octanol–water partition coefficient (Wildman–Crippen LogP) is -3.12. The van der Waals surface area contributed by atoms with E-state index in [1.807, 2.05) is 0 Å². The number of hydrogen-bond acceptors (Lipinski definition) is 10. The standard InChI is InChI=1S/C6H14N4O2.C6H9N3O2.C5H9NO2.C2H5NO2/c7-4(5(11)12)2-1-3-10-6(8)9;7-5(6(10)11)1-4-2-8-3-9-4;7-5(8)4-2-1-3-6-4;3-1-2(4)5/h4H,1-3,7H2,(H,11,12)(H4,8,9,10);2-3,5H,1,7H2,(H,8,9)(H,10,11);4,6H,1-3H2,(H,7,8);1,3H2,(H,4,5)/t;;4-;/m..0./s1. The van der Waals surface area contributed by atoms with E-state index in [9.17, 15) is 19.2 Å². The molecule has 17 nitrogen and oxygen atoms in total. The summed E-state index contributed by atoms with van der Waals surface area (Å²) in [6.45, 7) is 1.06. The topological polar surface area (TPSA) is 330 Å². The van der Waals surface area contributed by atoms with Crippen LogP contribution in [-0.2, 0) is 25.6 Å². The summed E-state index contributed by atoms with van der Waals surface area (Å²) in [5.41, 5.74) is 20.7. The molecule has 3 atom stereocenters. The van der Waals surface area contributed by atoms with Gasteiger partial charge in [0.05, 0.1) is 18.6 Å². The van der Waals surface area contributed by atoms with Gasteiger partial charge in [-0.1, -0.05) is 0 Å². The summed E-state index contributed by atoms with van der Waals surface area (Å²) in [6.07, 6.45) is 6.14. The van der Waals surface area contributed by atoms with Gasteiger partial charge < -0.3 is 59.0 Å². The molecule has 0 aliphatic carbocycles. The van der Waals surface area contributed by atoms with Crippen LogP contribution in [0.2, 0.25) is 0 Å². The molecule has 0 bridgehead atoms. The fourth-order valence-corrected chi connectivity index (χ4v) is 2.28. The van der Waals surface area contributed by atoms with Gasteiger partial charge in [0, 0.05) is 19.2 Å². The van der Waals surface area contributed by atoms with E-state index in [4.69, 9.17) is 43.0 Å². The molecular weight excluding hydrogens is 482 g/mol. The first-order valence-electron chi connectivity index (χ1n) is 10.7. The Hall–Kier alpha value is -3.80. The Kier molecular flexibility index (Phi) is 19.6. The number of carbonyl (C=O) groups is 4. The largest absolute Gasteiger partial charge is 0.480 e.